The number of rotatable bonds is 4. The number of fused-ring (bicyclic) bond motifs is 5. The van der Waals surface area contributed by atoms with E-state index in [0.717, 1.165) is 5.57 Å². The van der Waals surface area contributed by atoms with Crippen LogP contribution in [0.4, 0.5) is 0 Å². The fraction of sp³-hybridized carbons (Fsp3) is 0.680. The number of allylic oxidation sites excluding steroid dienone is 4. The summed E-state index contributed by atoms with van der Waals surface area (Å²) in [6.45, 7) is 6.10. The third-order valence-electron chi connectivity index (χ3n) is 8.79. The standard InChI is InChI=1S/C25H31BrO7/c1-13(27)32-12-21(30)25(31)8-6-17-16-10-19(26)18-9-15(29)5-7-23(18,3)22(16)20(33-14(2)28)11-24(17,25)4/h5,7,9,16-17,19-20,22,31H,6,8,10-12H2,1-4H3/t16?,17?,19?,20-,22?,23-,24-,25-/m0/s1. The van der Waals surface area contributed by atoms with Crippen LogP contribution in [-0.4, -0.2) is 51.8 Å². The molecule has 0 spiro atoms. The number of esters is 2. The smallest absolute Gasteiger partial charge is 0.303 e. The summed E-state index contributed by atoms with van der Waals surface area (Å²) in [5.41, 5.74) is -2.02. The topological polar surface area (TPSA) is 107 Å². The van der Waals surface area contributed by atoms with Crippen molar-refractivity contribution in [1.29, 1.82) is 0 Å². The minimum atomic E-state index is -1.67. The van der Waals surface area contributed by atoms with Crippen LogP contribution in [0, 0.1) is 28.6 Å². The van der Waals surface area contributed by atoms with Crippen LogP contribution in [-0.2, 0) is 28.7 Å². The summed E-state index contributed by atoms with van der Waals surface area (Å²) in [4.78, 5) is 48.6. The first-order valence-electron chi connectivity index (χ1n) is 11.5. The SMILES string of the molecule is CC(=O)OCC(=O)[C@@]1(O)CCC2C3CC(Br)C4=CC(=O)C=C[C@]4(C)C3[C@@H](OC(C)=O)C[C@@]21C. The van der Waals surface area contributed by atoms with E-state index in [1.165, 1.54) is 13.8 Å². The van der Waals surface area contributed by atoms with E-state index in [4.69, 9.17) is 9.47 Å². The number of halogens is 1. The molecule has 0 aliphatic heterocycles. The van der Waals surface area contributed by atoms with Gasteiger partial charge >= 0.3 is 11.9 Å². The largest absolute Gasteiger partial charge is 0.462 e. The summed E-state index contributed by atoms with van der Waals surface area (Å²) in [6.07, 6.45) is 6.60. The highest BCUT2D eigenvalue weighted by Gasteiger charge is 2.69. The zero-order valence-corrected chi connectivity index (χ0v) is 21.0. The molecule has 0 amide bonds. The van der Waals surface area contributed by atoms with Gasteiger partial charge in [0.2, 0.25) is 5.78 Å². The van der Waals surface area contributed by atoms with Crippen LogP contribution in [0.2, 0.25) is 0 Å². The lowest BCUT2D eigenvalue weighted by Crippen LogP contribution is -2.63. The second-order valence-electron chi connectivity index (χ2n) is 10.5. The molecule has 4 aliphatic carbocycles. The van der Waals surface area contributed by atoms with Gasteiger partial charge in [-0.1, -0.05) is 35.9 Å². The minimum absolute atomic E-state index is 0.00467. The van der Waals surface area contributed by atoms with Gasteiger partial charge in [-0.2, -0.15) is 0 Å². The molecule has 0 bridgehead atoms. The molecule has 8 heteroatoms. The molecule has 7 nitrogen and oxygen atoms in total. The predicted octanol–water partition coefficient (Wildman–Crippen LogP) is 3.07. The summed E-state index contributed by atoms with van der Waals surface area (Å²) in [5.74, 6) is -1.59. The molecule has 0 saturated heterocycles. The number of carbonyl (C=O) groups excluding carboxylic acids is 4. The quantitative estimate of drug-likeness (QED) is 0.446. The van der Waals surface area contributed by atoms with E-state index < -0.39 is 46.9 Å². The molecule has 4 unspecified atom stereocenters. The fourth-order valence-corrected chi connectivity index (χ4v) is 8.43. The van der Waals surface area contributed by atoms with E-state index in [1.807, 2.05) is 13.0 Å². The monoisotopic (exact) mass is 522 g/mol. The van der Waals surface area contributed by atoms with Crippen LogP contribution in [0.25, 0.3) is 0 Å². The van der Waals surface area contributed by atoms with E-state index in [-0.39, 0.29) is 34.8 Å². The van der Waals surface area contributed by atoms with Crippen LogP contribution in [0.5, 0.6) is 0 Å². The third-order valence-corrected chi connectivity index (χ3v) is 9.66. The summed E-state index contributed by atoms with van der Waals surface area (Å²) in [6, 6.07) is 0. The van der Waals surface area contributed by atoms with Gasteiger partial charge in [0.1, 0.15) is 11.7 Å². The molecule has 3 saturated carbocycles. The number of hydrogen-bond acceptors (Lipinski definition) is 7. The van der Waals surface area contributed by atoms with Crippen molar-refractivity contribution >= 4 is 39.4 Å². The predicted molar refractivity (Wildman–Crippen MR) is 122 cm³/mol. The number of alkyl halides is 1. The average molecular weight is 523 g/mol. The van der Waals surface area contributed by atoms with Crippen LogP contribution in [0.1, 0.15) is 53.4 Å². The lowest BCUT2D eigenvalue weighted by molar-refractivity contribution is -0.192. The summed E-state index contributed by atoms with van der Waals surface area (Å²) >= 11 is 3.79. The van der Waals surface area contributed by atoms with Gasteiger partial charge in [0.25, 0.3) is 0 Å². The van der Waals surface area contributed by atoms with Gasteiger partial charge in [-0.15, -0.1) is 0 Å². The molecule has 8 atom stereocenters. The fourth-order valence-electron chi connectivity index (χ4n) is 7.37. The first-order valence-corrected chi connectivity index (χ1v) is 12.4. The van der Waals surface area contributed by atoms with Crippen LogP contribution >= 0.6 is 15.9 Å². The maximum Gasteiger partial charge on any atom is 0.303 e. The Morgan fingerprint density at radius 1 is 1.21 bits per heavy atom. The lowest BCUT2D eigenvalue weighted by atomic mass is 9.46. The van der Waals surface area contributed by atoms with Crippen molar-refractivity contribution in [2.45, 2.75) is 69.9 Å². The first kappa shape index (κ1) is 24.3. The highest BCUT2D eigenvalue weighted by molar-refractivity contribution is 9.09. The molecular weight excluding hydrogens is 492 g/mol. The van der Waals surface area contributed by atoms with Gasteiger partial charge in [0.15, 0.2) is 12.4 Å². The van der Waals surface area contributed by atoms with Crippen LogP contribution in [0.15, 0.2) is 23.8 Å². The molecule has 0 heterocycles. The van der Waals surface area contributed by atoms with Crippen molar-refractivity contribution in [2.75, 3.05) is 6.61 Å². The zero-order valence-electron chi connectivity index (χ0n) is 19.4. The Balaban J connectivity index is 1.77. The van der Waals surface area contributed by atoms with Crippen LogP contribution < -0.4 is 0 Å². The highest BCUT2D eigenvalue weighted by atomic mass is 79.9. The van der Waals surface area contributed by atoms with Gasteiger partial charge in [-0.25, -0.2) is 0 Å². The van der Waals surface area contributed by atoms with E-state index >= 15 is 0 Å². The lowest BCUT2D eigenvalue weighted by Gasteiger charge is -2.60. The van der Waals surface area contributed by atoms with Gasteiger partial charge in [0, 0.05) is 35.4 Å². The number of aliphatic hydroxyl groups is 1. The number of hydrogen-bond donors (Lipinski definition) is 1. The van der Waals surface area contributed by atoms with Crippen molar-refractivity contribution in [1.82, 2.24) is 0 Å². The molecule has 0 aromatic carbocycles. The number of ether oxygens (including phenoxy) is 2. The van der Waals surface area contributed by atoms with Crippen LogP contribution in [0.3, 0.4) is 0 Å². The first-order chi connectivity index (χ1) is 15.3. The van der Waals surface area contributed by atoms with Gasteiger partial charge in [-0.05, 0) is 55.2 Å². The number of Topliss-reactive ketones (excluding diaryl/α,β-unsaturated/α-hetero) is 1. The molecule has 1 N–H and O–H groups in total. The second-order valence-corrected chi connectivity index (χ2v) is 11.6. The Kier molecular flexibility index (Phi) is 6.01. The maximum absolute atomic E-state index is 13.1. The molecule has 0 aromatic rings. The second kappa shape index (κ2) is 8.15. The van der Waals surface area contributed by atoms with E-state index in [2.05, 4.69) is 22.9 Å². The molecule has 0 radical (unpaired) electrons. The molecule has 180 valence electrons. The summed E-state index contributed by atoms with van der Waals surface area (Å²) in [5, 5.41) is 11.7. The average Bonchev–Trinajstić information content (AvgIpc) is 2.98. The maximum atomic E-state index is 13.1. The van der Waals surface area contributed by atoms with Crippen molar-refractivity contribution in [3.63, 3.8) is 0 Å². The van der Waals surface area contributed by atoms with Crippen molar-refractivity contribution in [3.05, 3.63) is 23.8 Å². The van der Waals surface area contributed by atoms with E-state index in [9.17, 15) is 24.3 Å². The summed E-state index contributed by atoms with van der Waals surface area (Å²) in [7, 11) is 0. The zero-order chi connectivity index (χ0) is 24.3. The Hall–Kier alpha value is -1.80. The van der Waals surface area contributed by atoms with E-state index in [1.54, 1.807) is 12.2 Å². The minimum Gasteiger partial charge on any atom is -0.462 e. The van der Waals surface area contributed by atoms with Crippen molar-refractivity contribution < 1.29 is 33.8 Å². The Morgan fingerprint density at radius 3 is 2.55 bits per heavy atom. The van der Waals surface area contributed by atoms with E-state index in [0.29, 0.717) is 19.3 Å². The Morgan fingerprint density at radius 2 is 1.91 bits per heavy atom. The normalized spacial score (nSPS) is 43.6. The molecule has 3 fully saturated rings. The van der Waals surface area contributed by atoms with Gasteiger partial charge in [0.05, 0.1) is 0 Å². The number of ketones is 2. The van der Waals surface area contributed by atoms with Crippen molar-refractivity contribution in [3.8, 4) is 0 Å². The molecule has 4 rings (SSSR count). The van der Waals surface area contributed by atoms with Gasteiger partial charge < -0.3 is 14.6 Å². The summed E-state index contributed by atoms with van der Waals surface area (Å²) < 4.78 is 10.8. The molecular formula is C25H31BrO7. The Bertz CT molecular complexity index is 970. The molecule has 0 aromatic heterocycles. The third kappa shape index (κ3) is 3.64. The van der Waals surface area contributed by atoms with Crippen molar-refractivity contribution in [2.24, 2.45) is 28.6 Å². The Labute approximate surface area is 202 Å². The number of carbonyl (C=O) groups is 4. The molecule has 33 heavy (non-hydrogen) atoms. The van der Waals surface area contributed by atoms with Gasteiger partial charge in [-0.3, -0.25) is 19.2 Å². The molecule has 4 aliphatic rings. The highest BCUT2D eigenvalue weighted by Crippen LogP contribution is 2.68.